The fourth-order valence-electron chi connectivity index (χ4n) is 8.86. The SMILES string of the molecule is CCCCCCCC(CCCCCCC)COC(=O)CCCCCN(CCCCCC(=O)OCC(CCCCCCC)CCCCCCC)CCN(CCO)C1CCC1. The van der Waals surface area contributed by atoms with E-state index in [-0.39, 0.29) is 18.5 Å². The Morgan fingerprint density at radius 1 is 0.475 bits per heavy atom. The molecule has 1 aliphatic carbocycles. The van der Waals surface area contributed by atoms with Crippen molar-refractivity contribution in [1.82, 2.24) is 9.80 Å². The summed E-state index contributed by atoms with van der Waals surface area (Å²) < 4.78 is 11.8. The summed E-state index contributed by atoms with van der Waals surface area (Å²) in [5.74, 6) is 1.01. The topological polar surface area (TPSA) is 79.3 Å². The highest BCUT2D eigenvalue weighted by atomic mass is 16.5. The van der Waals surface area contributed by atoms with Crippen molar-refractivity contribution >= 4 is 11.9 Å². The van der Waals surface area contributed by atoms with Crippen LogP contribution in [0.2, 0.25) is 0 Å². The van der Waals surface area contributed by atoms with Crippen molar-refractivity contribution in [2.75, 3.05) is 52.5 Å². The van der Waals surface area contributed by atoms with Gasteiger partial charge in [-0.25, -0.2) is 0 Å². The van der Waals surface area contributed by atoms with Crippen molar-refractivity contribution in [3.8, 4) is 0 Å². The largest absolute Gasteiger partial charge is 0.465 e. The van der Waals surface area contributed by atoms with Crippen LogP contribution in [0.15, 0.2) is 0 Å². The second-order valence-corrected chi connectivity index (χ2v) is 18.7. The summed E-state index contributed by atoms with van der Waals surface area (Å²) in [5, 5.41) is 9.73. The fraction of sp³-hybridized carbons (Fsp3) is 0.962. The predicted octanol–water partition coefficient (Wildman–Crippen LogP) is 14.0. The maximum atomic E-state index is 12.8. The molecule has 0 bridgehead atoms. The number of aliphatic hydroxyl groups is 1. The quantitative estimate of drug-likeness (QED) is 0.0483. The number of nitrogens with zero attached hydrogens (tertiary/aromatic N) is 2. The molecule has 1 fully saturated rings. The Morgan fingerprint density at radius 2 is 0.847 bits per heavy atom. The zero-order valence-corrected chi connectivity index (χ0v) is 40.1. The molecule has 1 aliphatic rings. The maximum absolute atomic E-state index is 12.8. The second-order valence-electron chi connectivity index (χ2n) is 18.7. The van der Waals surface area contributed by atoms with Gasteiger partial charge in [0.25, 0.3) is 0 Å². The highest BCUT2D eigenvalue weighted by Crippen LogP contribution is 2.25. The van der Waals surface area contributed by atoms with Gasteiger partial charge in [0.15, 0.2) is 0 Å². The second kappa shape index (κ2) is 42.1. The number of carbonyl (C=O) groups is 2. The predicted molar refractivity (Wildman–Crippen MR) is 252 cm³/mol. The Labute approximate surface area is 367 Å². The first kappa shape index (κ1) is 55.8. The van der Waals surface area contributed by atoms with Gasteiger partial charge in [0.2, 0.25) is 0 Å². The van der Waals surface area contributed by atoms with Crippen LogP contribution in [0.1, 0.15) is 252 Å². The molecular formula is C52H102N2O5. The molecule has 0 radical (unpaired) electrons. The molecule has 0 spiro atoms. The summed E-state index contributed by atoms with van der Waals surface area (Å²) >= 11 is 0. The number of rotatable bonds is 46. The number of hydrogen-bond donors (Lipinski definition) is 1. The molecule has 7 heteroatoms. The van der Waals surface area contributed by atoms with E-state index in [9.17, 15) is 14.7 Å². The average Bonchev–Trinajstić information content (AvgIpc) is 3.21. The third-order valence-electron chi connectivity index (χ3n) is 13.2. The molecule has 0 aromatic rings. The van der Waals surface area contributed by atoms with Crippen LogP contribution in [-0.4, -0.2) is 85.4 Å². The van der Waals surface area contributed by atoms with E-state index in [2.05, 4.69) is 37.5 Å². The van der Waals surface area contributed by atoms with Gasteiger partial charge in [-0.2, -0.15) is 0 Å². The van der Waals surface area contributed by atoms with E-state index in [1.807, 2.05) is 0 Å². The molecule has 0 atom stereocenters. The number of carbonyl (C=O) groups excluding carboxylic acids is 2. The van der Waals surface area contributed by atoms with E-state index in [1.165, 1.54) is 173 Å². The first-order chi connectivity index (χ1) is 29.0. The third kappa shape index (κ3) is 34.0. The average molecular weight is 835 g/mol. The molecule has 0 heterocycles. The molecule has 59 heavy (non-hydrogen) atoms. The molecule has 0 amide bonds. The van der Waals surface area contributed by atoms with Crippen molar-refractivity contribution in [2.45, 2.75) is 258 Å². The van der Waals surface area contributed by atoms with Gasteiger partial charge in [-0.1, -0.05) is 175 Å². The van der Waals surface area contributed by atoms with Gasteiger partial charge >= 0.3 is 11.9 Å². The first-order valence-corrected chi connectivity index (χ1v) is 26.4. The summed E-state index contributed by atoms with van der Waals surface area (Å²) in [6.45, 7) is 15.4. The van der Waals surface area contributed by atoms with Crippen LogP contribution in [0.4, 0.5) is 0 Å². The van der Waals surface area contributed by atoms with Gasteiger partial charge in [0.05, 0.1) is 19.8 Å². The van der Waals surface area contributed by atoms with Gasteiger partial charge in [0.1, 0.15) is 0 Å². The van der Waals surface area contributed by atoms with Crippen LogP contribution >= 0.6 is 0 Å². The van der Waals surface area contributed by atoms with Crippen LogP contribution in [0.5, 0.6) is 0 Å². The molecule has 0 aliphatic heterocycles. The Morgan fingerprint density at radius 3 is 1.19 bits per heavy atom. The minimum atomic E-state index is -0.0113. The Balaban J connectivity index is 2.48. The van der Waals surface area contributed by atoms with Crippen molar-refractivity contribution < 1.29 is 24.2 Å². The molecular weight excluding hydrogens is 733 g/mol. The van der Waals surface area contributed by atoms with Crippen molar-refractivity contribution in [3.63, 3.8) is 0 Å². The lowest BCUT2D eigenvalue weighted by molar-refractivity contribution is -0.146. The molecule has 350 valence electrons. The van der Waals surface area contributed by atoms with Gasteiger partial charge < -0.3 is 19.5 Å². The summed E-state index contributed by atoms with van der Waals surface area (Å²) in [6.07, 6.45) is 41.7. The lowest BCUT2D eigenvalue weighted by atomic mass is 9.91. The number of esters is 2. The van der Waals surface area contributed by atoms with E-state index >= 15 is 0 Å². The highest BCUT2D eigenvalue weighted by Gasteiger charge is 2.24. The van der Waals surface area contributed by atoms with E-state index < -0.39 is 0 Å². The van der Waals surface area contributed by atoms with Crippen LogP contribution in [0.3, 0.4) is 0 Å². The molecule has 0 saturated heterocycles. The minimum Gasteiger partial charge on any atom is -0.465 e. The monoisotopic (exact) mass is 835 g/mol. The summed E-state index contributed by atoms with van der Waals surface area (Å²) in [4.78, 5) is 30.7. The Kier molecular flexibility index (Phi) is 39.9. The number of hydrogen-bond acceptors (Lipinski definition) is 7. The van der Waals surface area contributed by atoms with Crippen LogP contribution in [0.25, 0.3) is 0 Å². The lowest BCUT2D eigenvalue weighted by Crippen LogP contribution is -2.45. The summed E-state index contributed by atoms with van der Waals surface area (Å²) in [5.41, 5.74) is 0. The zero-order valence-electron chi connectivity index (χ0n) is 40.1. The highest BCUT2D eigenvalue weighted by molar-refractivity contribution is 5.69. The van der Waals surface area contributed by atoms with Crippen LogP contribution < -0.4 is 0 Å². The van der Waals surface area contributed by atoms with E-state index in [1.54, 1.807) is 0 Å². The molecule has 1 saturated carbocycles. The first-order valence-electron chi connectivity index (χ1n) is 26.4. The third-order valence-corrected chi connectivity index (χ3v) is 13.2. The van der Waals surface area contributed by atoms with Gasteiger partial charge in [0, 0.05) is 38.5 Å². The normalized spacial score (nSPS) is 13.3. The number of unbranched alkanes of at least 4 members (excludes halogenated alkanes) is 20. The van der Waals surface area contributed by atoms with E-state index in [4.69, 9.17) is 9.47 Å². The fourth-order valence-corrected chi connectivity index (χ4v) is 8.86. The smallest absolute Gasteiger partial charge is 0.305 e. The number of aliphatic hydroxyl groups excluding tert-OH is 1. The molecule has 7 nitrogen and oxygen atoms in total. The lowest BCUT2D eigenvalue weighted by Gasteiger charge is -2.38. The van der Waals surface area contributed by atoms with Crippen molar-refractivity contribution in [1.29, 1.82) is 0 Å². The van der Waals surface area contributed by atoms with Crippen LogP contribution in [-0.2, 0) is 19.1 Å². The number of ether oxygens (including phenoxy) is 2. The molecule has 0 aromatic carbocycles. The van der Waals surface area contributed by atoms with E-state index in [0.717, 1.165) is 71.2 Å². The summed E-state index contributed by atoms with van der Waals surface area (Å²) in [6, 6.07) is 0.629. The van der Waals surface area contributed by atoms with Gasteiger partial charge in [-0.05, 0) is 89.1 Å². The zero-order chi connectivity index (χ0) is 42.9. The summed E-state index contributed by atoms with van der Waals surface area (Å²) in [7, 11) is 0. The Bertz CT molecular complexity index is 828. The van der Waals surface area contributed by atoms with Crippen LogP contribution in [0, 0.1) is 11.8 Å². The van der Waals surface area contributed by atoms with Crippen molar-refractivity contribution in [3.05, 3.63) is 0 Å². The minimum absolute atomic E-state index is 0.0113. The van der Waals surface area contributed by atoms with E-state index in [0.29, 0.717) is 43.9 Å². The van der Waals surface area contributed by atoms with Gasteiger partial charge in [-0.3, -0.25) is 14.5 Å². The Hall–Kier alpha value is -1.18. The molecule has 0 unspecified atom stereocenters. The standard InChI is InChI=1S/C52H102N2O5/c1-5-9-13-17-23-32-48(33-24-18-14-10-6-2)46-58-51(56)38-27-21-29-40-53(42-43-54(44-45-55)50-36-31-37-50)41-30-22-28-39-52(57)59-47-49(34-25-19-15-11-7-3)35-26-20-16-12-8-4/h48-50,55H,5-47H2,1-4H3. The van der Waals surface area contributed by atoms with Gasteiger partial charge in [-0.15, -0.1) is 0 Å². The molecule has 1 rings (SSSR count). The van der Waals surface area contributed by atoms with Crippen molar-refractivity contribution in [2.24, 2.45) is 11.8 Å². The molecule has 1 N–H and O–H groups in total. The molecule has 0 aromatic heterocycles. The maximum Gasteiger partial charge on any atom is 0.305 e.